The van der Waals surface area contributed by atoms with Crippen molar-refractivity contribution in [2.75, 3.05) is 32.8 Å². The van der Waals surface area contributed by atoms with Gasteiger partial charge in [0.2, 0.25) is 0 Å². The highest BCUT2D eigenvalue weighted by Crippen LogP contribution is 2.14. The van der Waals surface area contributed by atoms with Crippen molar-refractivity contribution in [2.45, 2.75) is 32.2 Å². The quantitative estimate of drug-likeness (QED) is 0.847. The van der Waals surface area contributed by atoms with Gasteiger partial charge < -0.3 is 14.8 Å². The van der Waals surface area contributed by atoms with Gasteiger partial charge in [0, 0.05) is 26.2 Å². The highest BCUT2D eigenvalue weighted by atomic mass is 19.4. The lowest BCUT2D eigenvalue weighted by Gasteiger charge is -2.35. The van der Waals surface area contributed by atoms with Crippen LogP contribution in [0.2, 0.25) is 0 Å². The molecule has 1 heterocycles. The summed E-state index contributed by atoms with van der Waals surface area (Å²) in [4.78, 5) is 13.1. The number of amides is 1. The molecule has 1 fully saturated rings. The highest BCUT2D eigenvalue weighted by molar-refractivity contribution is 5.67. The number of carbonyl (C=O) groups is 1. The maximum Gasteiger partial charge on any atom is 0.422 e. The normalized spacial score (nSPS) is 25.1. The van der Waals surface area contributed by atoms with E-state index < -0.39 is 18.9 Å². The van der Waals surface area contributed by atoms with Gasteiger partial charge in [-0.25, -0.2) is 4.79 Å². The fraction of sp³-hybridized carbons (Fsp3) is 0.909. The Bertz CT molecular complexity index is 289. The molecule has 5 nitrogen and oxygen atoms in total. The molecule has 1 saturated heterocycles. The third-order valence-corrected chi connectivity index (χ3v) is 2.56. The first-order valence-corrected chi connectivity index (χ1v) is 6.11. The van der Waals surface area contributed by atoms with Crippen LogP contribution >= 0.6 is 0 Å². The zero-order valence-electron chi connectivity index (χ0n) is 11.0. The van der Waals surface area contributed by atoms with Crippen LogP contribution in [-0.2, 0) is 9.47 Å². The number of morpholine rings is 1. The molecule has 0 aromatic rings. The molecule has 0 aliphatic carbocycles. The number of alkyl carbamates (subject to hydrolysis) is 1. The molecule has 0 spiro atoms. The average Bonchev–Trinajstić information content (AvgIpc) is 2.24. The van der Waals surface area contributed by atoms with Crippen LogP contribution in [0, 0.1) is 0 Å². The van der Waals surface area contributed by atoms with Crippen LogP contribution in [0.1, 0.15) is 13.8 Å². The lowest BCUT2D eigenvalue weighted by Crippen LogP contribution is -2.48. The highest BCUT2D eigenvalue weighted by Gasteiger charge is 2.29. The van der Waals surface area contributed by atoms with Gasteiger partial charge in [0.25, 0.3) is 0 Å². The number of carbonyl (C=O) groups excluding carboxylic acids is 1. The van der Waals surface area contributed by atoms with Crippen molar-refractivity contribution < 1.29 is 27.4 Å². The van der Waals surface area contributed by atoms with Gasteiger partial charge in [0.1, 0.15) is 0 Å². The molecule has 112 valence electrons. The Hall–Kier alpha value is -1.02. The van der Waals surface area contributed by atoms with Gasteiger partial charge in [-0.05, 0) is 13.8 Å². The van der Waals surface area contributed by atoms with Crippen LogP contribution in [0.25, 0.3) is 0 Å². The van der Waals surface area contributed by atoms with Gasteiger partial charge in [-0.2, -0.15) is 13.2 Å². The molecular weight excluding hydrogens is 265 g/mol. The molecule has 1 aliphatic heterocycles. The summed E-state index contributed by atoms with van der Waals surface area (Å²) in [5.41, 5.74) is 0. The number of nitrogens with zero attached hydrogens (tertiary/aromatic N) is 1. The molecule has 19 heavy (non-hydrogen) atoms. The third kappa shape index (κ3) is 7.22. The molecular formula is C11H19F3N2O3. The van der Waals surface area contributed by atoms with E-state index >= 15 is 0 Å². The minimum absolute atomic E-state index is 0.112. The maximum atomic E-state index is 11.8. The topological polar surface area (TPSA) is 50.8 Å². The van der Waals surface area contributed by atoms with Crippen molar-refractivity contribution in [1.29, 1.82) is 0 Å². The maximum absolute atomic E-state index is 11.8. The molecule has 0 aromatic heterocycles. The van der Waals surface area contributed by atoms with E-state index in [9.17, 15) is 18.0 Å². The summed E-state index contributed by atoms with van der Waals surface area (Å²) in [5.74, 6) is 0. The summed E-state index contributed by atoms with van der Waals surface area (Å²) in [5, 5.41) is 2.29. The van der Waals surface area contributed by atoms with Gasteiger partial charge in [0.15, 0.2) is 6.61 Å². The first-order valence-electron chi connectivity index (χ1n) is 6.11. The molecule has 1 rings (SSSR count). The summed E-state index contributed by atoms with van der Waals surface area (Å²) < 4.78 is 44.9. The van der Waals surface area contributed by atoms with Gasteiger partial charge in [0.05, 0.1) is 12.2 Å². The van der Waals surface area contributed by atoms with Gasteiger partial charge in [-0.1, -0.05) is 0 Å². The second-order valence-corrected chi connectivity index (χ2v) is 4.63. The number of nitrogens with one attached hydrogen (secondary N) is 1. The van der Waals surface area contributed by atoms with E-state index in [-0.39, 0.29) is 18.8 Å². The van der Waals surface area contributed by atoms with E-state index in [1.807, 2.05) is 13.8 Å². The number of hydrogen-bond donors (Lipinski definition) is 1. The smallest absolute Gasteiger partial charge is 0.422 e. The zero-order valence-corrected chi connectivity index (χ0v) is 11.0. The number of hydrogen-bond acceptors (Lipinski definition) is 4. The number of rotatable bonds is 4. The number of ether oxygens (including phenoxy) is 2. The van der Waals surface area contributed by atoms with E-state index in [2.05, 4.69) is 15.0 Å². The van der Waals surface area contributed by atoms with Crippen molar-refractivity contribution in [3.63, 3.8) is 0 Å². The monoisotopic (exact) mass is 284 g/mol. The van der Waals surface area contributed by atoms with Crippen LogP contribution in [0.4, 0.5) is 18.0 Å². The summed E-state index contributed by atoms with van der Waals surface area (Å²) in [7, 11) is 0. The molecule has 1 N–H and O–H groups in total. The summed E-state index contributed by atoms with van der Waals surface area (Å²) in [6.45, 7) is 4.62. The van der Waals surface area contributed by atoms with Gasteiger partial charge in [-0.3, -0.25) is 4.90 Å². The zero-order chi connectivity index (χ0) is 14.5. The van der Waals surface area contributed by atoms with Crippen molar-refractivity contribution in [3.05, 3.63) is 0 Å². The Balaban J connectivity index is 2.14. The van der Waals surface area contributed by atoms with Gasteiger partial charge in [-0.15, -0.1) is 0 Å². The first-order chi connectivity index (χ1) is 8.76. The summed E-state index contributed by atoms with van der Waals surface area (Å²) in [6, 6.07) is 0. The Labute approximate surface area is 110 Å². The van der Waals surface area contributed by atoms with E-state index in [1.54, 1.807) is 0 Å². The molecule has 0 saturated carbocycles. The molecule has 0 bridgehead atoms. The summed E-state index contributed by atoms with van der Waals surface area (Å²) >= 11 is 0. The van der Waals surface area contributed by atoms with Crippen molar-refractivity contribution >= 4 is 6.09 Å². The molecule has 2 atom stereocenters. The van der Waals surface area contributed by atoms with E-state index in [0.717, 1.165) is 13.1 Å². The van der Waals surface area contributed by atoms with Crippen LogP contribution in [0.5, 0.6) is 0 Å². The predicted molar refractivity (Wildman–Crippen MR) is 61.9 cm³/mol. The fourth-order valence-corrected chi connectivity index (χ4v) is 1.98. The molecule has 1 amide bonds. The minimum Gasteiger partial charge on any atom is -0.440 e. The lowest BCUT2D eigenvalue weighted by molar-refractivity contribution is -0.160. The molecule has 0 radical (unpaired) electrons. The average molecular weight is 284 g/mol. The third-order valence-electron chi connectivity index (χ3n) is 2.56. The fourth-order valence-electron chi connectivity index (χ4n) is 1.98. The number of halogens is 3. The van der Waals surface area contributed by atoms with Crippen molar-refractivity contribution in [3.8, 4) is 0 Å². The van der Waals surface area contributed by atoms with Gasteiger partial charge >= 0.3 is 12.3 Å². The standard InChI is InChI=1S/C11H19F3N2O3/c1-8-5-16(6-9(2)19-8)4-3-15-10(17)18-7-11(12,13)14/h8-9H,3-7H2,1-2H3,(H,15,17)/t8-,9-/m1/s1. The van der Waals surface area contributed by atoms with Crippen LogP contribution < -0.4 is 5.32 Å². The lowest BCUT2D eigenvalue weighted by atomic mass is 10.2. The number of alkyl halides is 3. The minimum atomic E-state index is -4.49. The first kappa shape index (κ1) is 16.0. The molecule has 8 heteroatoms. The van der Waals surface area contributed by atoms with Crippen LogP contribution in [-0.4, -0.2) is 62.2 Å². The Morgan fingerprint density at radius 3 is 2.47 bits per heavy atom. The second-order valence-electron chi connectivity index (χ2n) is 4.63. The largest absolute Gasteiger partial charge is 0.440 e. The van der Waals surface area contributed by atoms with E-state index in [0.29, 0.717) is 6.54 Å². The van der Waals surface area contributed by atoms with Crippen molar-refractivity contribution in [2.24, 2.45) is 0 Å². The Kier molecular flexibility index (Phi) is 5.86. The molecule has 0 unspecified atom stereocenters. The van der Waals surface area contributed by atoms with E-state index in [1.165, 1.54) is 0 Å². The SMILES string of the molecule is C[C@@H]1CN(CCNC(=O)OCC(F)(F)F)C[C@@H](C)O1. The molecule has 0 aromatic carbocycles. The molecule has 1 aliphatic rings. The Morgan fingerprint density at radius 2 is 1.95 bits per heavy atom. The summed E-state index contributed by atoms with van der Waals surface area (Å²) in [6.07, 6.45) is -5.32. The van der Waals surface area contributed by atoms with Crippen LogP contribution in [0.15, 0.2) is 0 Å². The van der Waals surface area contributed by atoms with E-state index in [4.69, 9.17) is 4.74 Å². The predicted octanol–water partition coefficient (Wildman–Crippen LogP) is 1.38. The van der Waals surface area contributed by atoms with Crippen molar-refractivity contribution in [1.82, 2.24) is 10.2 Å². The second kappa shape index (κ2) is 6.95. The Morgan fingerprint density at radius 1 is 1.37 bits per heavy atom. The van der Waals surface area contributed by atoms with Crippen LogP contribution in [0.3, 0.4) is 0 Å².